The molecule has 1 heterocycles. The zero-order chi connectivity index (χ0) is 12.3. The van der Waals surface area contributed by atoms with Crippen molar-refractivity contribution in [3.63, 3.8) is 0 Å². The molecule has 2 atom stereocenters. The van der Waals surface area contributed by atoms with Gasteiger partial charge in [0.1, 0.15) is 0 Å². The van der Waals surface area contributed by atoms with E-state index in [2.05, 4.69) is 26.1 Å². The normalized spacial score (nSPS) is 31.6. The van der Waals surface area contributed by atoms with Gasteiger partial charge in [0.2, 0.25) is 0 Å². The molecule has 1 aliphatic carbocycles. The number of ether oxygens (including phenoxy) is 1. The molecular formula is C15H29NO. The van der Waals surface area contributed by atoms with Gasteiger partial charge in [-0.05, 0) is 52.4 Å². The predicted molar refractivity (Wildman–Crippen MR) is 72.2 cm³/mol. The molecule has 2 unspecified atom stereocenters. The second kappa shape index (κ2) is 5.71. The molecule has 0 aromatic carbocycles. The number of hydrogen-bond acceptors (Lipinski definition) is 2. The second-order valence-corrected chi connectivity index (χ2v) is 6.63. The fraction of sp³-hybridized carbons (Fsp3) is 1.00. The number of hydrogen-bond donors (Lipinski definition) is 1. The van der Waals surface area contributed by atoms with Crippen molar-refractivity contribution in [1.29, 1.82) is 0 Å². The first-order valence-electron chi connectivity index (χ1n) is 7.48. The summed E-state index contributed by atoms with van der Waals surface area (Å²) >= 11 is 0. The van der Waals surface area contributed by atoms with Gasteiger partial charge in [-0.15, -0.1) is 0 Å². The average Bonchev–Trinajstić information content (AvgIpc) is 2.67. The zero-order valence-corrected chi connectivity index (χ0v) is 11.8. The van der Waals surface area contributed by atoms with E-state index >= 15 is 0 Å². The van der Waals surface area contributed by atoms with Crippen LogP contribution in [0.1, 0.15) is 65.7 Å². The maximum absolute atomic E-state index is 6.02. The van der Waals surface area contributed by atoms with Gasteiger partial charge in [-0.25, -0.2) is 0 Å². The van der Waals surface area contributed by atoms with Gasteiger partial charge >= 0.3 is 0 Å². The Kier molecular flexibility index (Phi) is 4.48. The van der Waals surface area contributed by atoms with Crippen molar-refractivity contribution in [2.45, 2.75) is 83.5 Å². The molecule has 0 aromatic rings. The van der Waals surface area contributed by atoms with Crippen LogP contribution in [-0.4, -0.2) is 24.3 Å². The first-order chi connectivity index (χ1) is 8.07. The van der Waals surface area contributed by atoms with Crippen molar-refractivity contribution in [3.8, 4) is 0 Å². The highest BCUT2D eigenvalue weighted by atomic mass is 16.5. The third-order valence-electron chi connectivity index (χ3n) is 4.58. The van der Waals surface area contributed by atoms with Crippen LogP contribution in [-0.2, 0) is 4.74 Å². The minimum atomic E-state index is 0.112. The van der Waals surface area contributed by atoms with Crippen LogP contribution in [0.25, 0.3) is 0 Å². The number of nitrogens with one attached hydrogen (secondary N) is 1. The van der Waals surface area contributed by atoms with Gasteiger partial charge in [-0.1, -0.05) is 19.3 Å². The van der Waals surface area contributed by atoms with Gasteiger partial charge in [-0.2, -0.15) is 0 Å². The minimum absolute atomic E-state index is 0.112. The summed E-state index contributed by atoms with van der Waals surface area (Å²) in [7, 11) is 0. The van der Waals surface area contributed by atoms with Gasteiger partial charge in [0.25, 0.3) is 0 Å². The van der Waals surface area contributed by atoms with E-state index in [1.165, 1.54) is 44.9 Å². The Morgan fingerprint density at radius 3 is 2.47 bits per heavy atom. The van der Waals surface area contributed by atoms with Crippen molar-refractivity contribution in [1.82, 2.24) is 5.32 Å². The molecule has 0 amide bonds. The molecule has 1 aliphatic heterocycles. The van der Waals surface area contributed by atoms with Crippen molar-refractivity contribution in [2.75, 3.05) is 6.54 Å². The van der Waals surface area contributed by atoms with E-state index in [1.54, 1.807) is 0 Å². The van der Waals surface area contributed by atoms with Crippen molar-refractivity contribution >= 4 is 0 Å². The molecule has 0 radical (unpaired) electrons. The maximum atomic E-state index is 6.02. The lowest BCUT2D eigenvalue weighted by Gasteiger charge is -2.29. The summed E-state index contributed by atoms with van der Waals surface area (Å²) in [5.41, 5.74) is 0.112. The molecule has 0 spiro atoms. The lowest BCUT2D eigenvalue weighted by molar-refractivity contribution is -0.0158. The number of rotatable bonds is 4. The summed E-state index contributed by atoms with van der Waals surface area (Å²) in [5.74, 6) is 0.901. The highest BCUT2D eigenvalue weighted by molar-refractivity contribution is 4.83. The Morgan fingerprint density at radius 1 is 1.18 bits per heavy atom. The molecule has 1 saturated heterocycles. The highest BCUT2D eigenvalue weighted by Gasteiger charge is 2.31. The predicted octanol–water partition coefficient (Wildman–Crippen LogP) is 3.50. The maximum Gasteiger partial charge on any atom is 0.0707 e. The highest BCUT2D eigenvalue weighted by Crippen LogP contribution is 2.30. The first kappa shape index (κ1) is 13.4. The summed E-state index contributed by atoms with van der Waals surface area (Å²) in [6, 6.07) is 0.669. The monoisotopic (exact) mass is 239 g/mol. The van der Waals surface area contributed by atoms with E-state index in [-0.39, 0.29) is 5.60 Å². The molecule has 1 N–H and O–H groups in total. The Labute approximate surface area is 107 Å². The Morgan fingerprint density at radius 2 is 1.88 bits per heavy atom. The second-order valence-electron chi connectivity index (χ2n) is 6.63. The van der Waals surface area contributed by atoms with E-state index in [0.717, 1.165) is 12.5 Å². The molecule has 1 saturated carbocycles. The van der Waals surface area contributed by atoms with E-state index in [1.807, 2.05) is 0 Å². The average molecular weight is 239 g/mol. The van der Waals surface area contributed by atoms with E-state index in [0.29, 0.717) is 12.1 Å². The van der Waals surface area contributed by atoms with Gasteiger partial charge in [0, 0.05) is 12.6 Å². The van der Waals surface area contributed by atoms with Gasteiger partial charge < -0.3 is 10.1 Å². The van der Waals surface area contributed by atoms with Crippen LogP contribution in [0.15, 0.2) is 0 Å². The van der Waals surface area contributed by atoms with Crippen LogP contribution in [0.3, 0.4) is 0 Å². The van der Waals surface area contributed by atoms with E-state index in [9.17, 15) is 0 Å². The van der Waals surface area contributed by atoms with Crippen LogP contribution < -0.4 is 5.32 Å². The molecule has 0 aromatic heterocycles. The van der Waals surface area contributed by atoms with Crippen LogP contribution >= 0.6 is 0 Å². The molecule has 2 nitrogen and oxygen atoms in total. The van der Waals surface area contributed by atoms with Crippen LogP contribution in [0.4, 0.5) is 0 Å². The van der Waals surface area contributed by atoms with Crippen LogP contribution in [0, 0.1) is 5.92 Å². The molecule has 0 bridgehead atoms. The zero-order valence-electron chi connectivity index (χ0n) is 11.8. The minimum Gasteiger partial charge on any atom is -0.371 e. The van der Waals surface area contributed by atoms with Crippen molar-refractivity contribution in [2.24, 2.45) is 5.92 Å². The Hall–Kier alpha value is -0.0800. The summed E-state index contributed by atoms with van der Waals surface area (Å²) in [4.78, 5) is 0. The smallest absolute Gasteiger partial charge is 0.0707 e. The molecule has 2 aliphatic rings. The quantitative estimate of drug-likeness (QED) is 0.810. The van der Waals surface area contributed by atoms with Gasteiger partial charge in [0.15, 0.2) is 0 Å². The fourth-order valence-electron chi connectivity index (χ4n) is 3.34. The fourth-order valence-corrected chi connectivity index (χ4v) is 3.34. The van der Waals surface area contributed by atoms with Gasteiger partial charge in [0.05, 0.1) is 11.7 Å². The lowest BCUT2D eigenvalue weighted by Crippen LogP contribution is -2.39. The summed E-state index contributed by atoms with van der Waals surface area (Å²) in [5, 5.41) is 3.71. The molecule has 2 rings (SSSR count). The van der Waals surface area contributed by atoms with Crippen LogP contribution in [0.5, 0.6) is 0 Å². The Balaban J connectivity index is 1.67. The molecule has 2 fully saturated rings. The molecule has 17 heavy (non-hydrogen) atoms. The topological polar surface area (TPSA) is 21.3 Å². The van der Waals surface area contributed by atoms with E-state index < -0.39 is 0 Å². The standard InChI is InChI=1S/C15H29NO/c1-12(13-7-5-4-6-8-13)16-11-14-9-10-15(2,3)17-14/h12-14,16H,4-11H2,1-3H3. The van der Waals surface area contributed by atoms with Crippen LogP contribution in [0.2, 0.25) is 0 Å². The van der Waals surface area contributed by atoms with Gasteiger partial charge in [-0.3, -0.25) is 0 Å². The summed E-state index contributed by atoms with van der Waals surface area (Å²) in [6.45, 7) is 7.81. The third kappa shape index (κ3) is 3.96. The summed E-state index contributed by atoms with van der Waals surface area (Å²) < 4.78 is 6.02. The third-order valence-corrected chi connectivity index (χ3v) is 4.58. The Bertz CT molecular complexity index is 233. The largest absolute Gasteiger partial charge is 0.371 e. The summed E-state index contributed by atoms with van der Waals surface area (Å²) in [6.07, 6.45) is 10.0. The lowest BCUT2D eigenvalue weighted by atomic mass is 9.84. The van der Waals surface area contributed by atoms with Crippen molar-refractivity contribution in [3.05, 3.63) is 0 Å². The molecular weight excluding hydrogens is 210 g/mol. The van der Waals surface area contributed by atoms with Crippen molar-refractivity contribution < 1.29 is 4.74 Å². The first-order valence-corrected chi connectivity index (χ1v) is 7.48. The molecule has 100 valence electrons. The molecule has 2 heteroatoms. The SMILES string of the molecule is CC(NCC1CCC(C)(C)O1)C1CCCCC1. The van der Waals surface area contributed by atoms with E-state index in [4.69, 9.17) is 4.74 Å².